The van der Waals surface area contributed by atoms with Gasteiger partial charge >= 0.3 is 0 Å². The fourth-order valence-corrected chi connectivity index (χ4v) is 5.05. The van der Waals surface area contributed by atoms with Gasteiger partial charge in [0.25, 0.3) is 5.91 Å². The maximum atomic E-state index is 13.0. The SMILES string of the molecule is COc1cc2ccccc2cc1C(=O)Nc1sc2c(c1C#N)CCC(C)C2. The molecule has 4 nitrogen and oxygen atoms in total. The van der Waals surface area contributed by atoms with Gasteiger partial charge in [-0.15, -0.1) is 11.3 Å². The van der Waals surface area contributed by atoms with Crippen molar-refractivity contribution in [1.29, 1.82) is 5.26 Å². The van der Waals surface area contributed by atoms with Crippen molar-refractivity contribution >= 4 is 33.0 Å². The van der Waals surface area contributed by atoms with E-state index in [1.165, 1.54) is 16.2 Å². The molecule has 0 aliphatic heterocycles. The number of carbonyl (C=O) groups is 1. The highest BCUT2D eigenvalue weighted by atomic mass is 32.1. The third-order valence-electron chi connectivity index (χ3n) is 5.16. The smallest absolute Gasteiger partial charge is 0.260 e. The largest absolute Gasteiger partial charge is 0.496 e. The lowest BCUT2D eigenvalue weighted by Crippen LogP contribution is -2.13. The number of nitrogens with zero attached hydrogens (tertiary/aromatic N) is 1. The molecule has 4 rings (SSSR count). The lowest BCUT2D eigenvalue weighted by molar-refractivity contribution is 0.102. The van der Waals surface area contributed by atoms with E-state index in [4.69, 9.17) is 4.74 Å². The van der Waals surface area contributed by atoms with E-state index in [1.54, 1.807) is 7.11 Å². The Hall–Kier alpha value is -2.84. The van der Waals surface area contributed by atoms with Gasteiger partial charge in [0.05, 0.1) is 18.2 Å². The fraction of sp³-hybridized carbons (Fsp3) is 0.273. The van der Waals surface area contributed by atoms with Crippen LogP contribution in [-0.2, 0) is 12.8 Å². The van der Waals surface area contributed by atoms with E-state index in [0.717, 1.165) is 35.6 Å². The molecule has 1 aliphatic carbocycles. The van der Waals surface area contributed by atoms with Gasteiger partial charge in [-0.05, 0) is 53.6 Å². The minimum absolute atomic E-state index is 0.249. The van der Waals surface area contributed by atoms with Crippen molar-refractivity contribution in [3.63, 3.8) is 0 Å². The Kier molecular flexibility index (Phi) is 4.59. The standard InChI is InChI=1S/C22H20N2O2S/c1-13-7-8-16-18(12-23)22(27-20(16)9-13)24-21(25)17-10-14-5-3-4-6-15(14)11-19(17)26-2/h3-6,10-11,13H,7-9H2,1-2H3,(H,24,25). The van der Waals surface area contributed by atoms with E-state index in [1.807, 2.05) is 36.4 Å². The molecule has 0 saturated heterocycles. The predicted molar refractivity (Wildman–Crippen MR) is 109 cm³/mol. The zero-order valence-electron chi connectivity index (χ0n) is 15.3. The first kappa shape index (κ1) is 17.6. The van der Waals surface area contributed by atoms with Gasteiger partial charge in [0.15, 0.2) is 0 Å². The number of fused-ring (bicyclic) bond motifs is 2. The van der Waals surface area contributed by atoms with Gasteiger partial charge in [0.2, 0.25) is 0 Å². The van der Waals surface area contributed by atoms with E-state index < -0.39 is 0 Å². The summed E-state index contributed by atoms with van der Waals surface area (Å²) in [6, 6.07) is 13.9. The number of nitrogens with one attached hydrogen (secondary N) is 1. The zero-order chi connectivity index (χ0) is 19.0. The van der Waals surface area contributed by atoms with Gasteiger partial charge in [-0.1, -0.05) is 31.2 Å². The molecule has 2 aromatic carbocycles. The normalized spacial score (nSPS) is 15.8. The molecule has 0 fully saturated rings. The second kappa shape index (κ2) is 7.05. The lowest BCUT2D eigenvalue weighted by Gasteiger charge is -2.17. The summed E-state index contributed by atoms with van der Waals surface area (Å²) >= 11 is 1.54. The third kappa shape index (κ3) is 3.17. The second-order valence-corrected chi connectivity index (χ2v) is 8.13. The molecule has 1 amide bonds. The number of thiophene rings is 1. The highest BCUT2D eigenvalue weighted by molar-refractivity contribution is 7.16. The molecule has 0 radical (unpaired) electrons. The molecule has 27 heavy (non-hydrogen) atoms. The van der Waals surface area contributed by atoms with Gasteiger partial charge in [0, 0.05) is 4.88 Å². The molecule has 1 N–H and O–H groups in total. The highest BCUT2D eigenvalue weighted by Gasteiger charge is 2.25. The zero-order valence-corrected chi connectivity index (χ0v) is 16.2. The van der Waals surface area contributed by atoms with E-state index in [-0.39, 0.29) is 5.91 Å². The molecule has 0 bridgehead atoms. The number of amides is 1. The van der Waals surface area contributed by atoms with Crippen molar-refractivity contribution in [2.24, 2.45) is 5.92 Å². The van der Waals surface area contributed by atoms with Crippen LogP contribution < -0.4 is 10.1 Å². The molecule has 1 heterocycles. The Morgan fingerprint density at radius 2 is 2.04 bits per heavy atom. The van der Waals surface area contributed by atoms with Gasteiger partial charge in [-0.25, -0.2) is 0 Å². The summed E-state index contributed by atoms with van der Waals surface area (Å²) in [5.41, 5.74) is 2.20. The molecule has 0 saturated carbocycles. The summed E-state index contributed by atoms with van der Waals surface area (Å²) in [5.74, 6) is 0.896. The van der Waals surface area contributed by atoms with Crippen molar-refractivity contribution in [2.75, 3.05) is 12.4 Å². The first-order valence-electron chi connectivity index (χ1n) is 9.03. The van der Waals surface area contributed by atoms with E-state index in [9.17, 15) is 10.1 Å². The van der Waals surface area contributed by atoms with Gasteiger partial charge < -0.3 is 10.1 Å². The van der Waals surface area contributed by atoms with Crippen LogP contribution in [0.3, 0.4) is 0 Å². The number of benzene rings is 2. The molecule has 1 aromatic heterocycles. The molecule has 5 heteroatoms. The summed E-state index contributed by atoms with van der Waals surface area (Å²) in [5, 5.41) is 15.2. The molecule has 136 valence electrons. The number of methoxy groups -OCH3 is 1. The van der Waals surface area contributed by atoms with Crippen LogP contribution in [0.15, 0.2) is 36.4 Å². The van der Waals surface area contributed by atoms with Crippen molar-refractivity contribution in [3.05, 3.63) is 58.0 Å². The molecular formula is C22H20N2O2S. The average molecular weight is 376 g/mol. The molecular weight excluding hydrogens is 356 g/mol. The van der Waals surface area contributed by atoms with E-state index >= 15 is 0 Å². The first-order chi connectivity index (χ1) is 13.1. The van der Waals surface area contributed by atoms with Gasteiger partial charge in [-0.3, -0.25) is 4.79 Å². The minimum Gasteiger partial charge on any atom is -0.496 e. The summed E-state index contributed by atoms with van der Waals surface area (Å²) in [6.45, 7) is 2.23. The minimum atomic E-state index is -0.249. The summed E-state index contributed by atoms with van der Waals surface area (Å²) in [4.78, 5) is 14.2. The molecule has 1 atom stereocenters. The van der Waals surface area contributed by atoms with Crippen LogP contribution in [0.4, 0.5) is 5.00 Å². The van der Waals surface area contributed by atoms with E-state index in [0.29, 0.717) is 27.8 Å². The molecule has 1 aliphatic rings. The number of hydrogen-bond acceptors (Lipinski definition) is 4. The number of hydrogen-bond donors (Lipinski definition) is 1. The number of ether oxygens (including phenoxy) is 1. The Bertz CT molecular complexity index is 1080. The average Bonchev–Trinajstić information content (AvgIpc) is 3.02. The Morgan fingerprint density at radius 3 is 2.74 bits per heavy atom. The second-order valence-electron chi connectivity index (χ2n) is 7.02. The van der Waals surface area contributed by atoms with Crippen LogP contribution in [0, 0.1) is 17.2 Å². The van der Waals surface area contributed by atoms with Crippen LogP contribution in [0.25, 0.3) is 10.8 Å². The highest BCUT2D eigenvalue weighted by Crippen LogP contribution is 2.39. The molecule has 1 unspecified atom stereocenters. The summed E-state index contributed by atoms with van der Waals surface area (Å²) in [7, 11) is 1.56. The number of rotatable bonds is 3. The Morgan fingerprint density at radius 1 is 1.30 bits per heavy atom. The van der Waals surface area contributed by atoms with E-state index in [2.05, 4.69) is 18.3 Å². The fourth-order valence-electron chi connectivity index (χ4n) is 3.69. The quantitative estimate of drug-likeness (QED) is 0.687. The van der Waals surface area contributed by atoms with Gasteiger partial charge in [0.1, 0.15) is 16.8 Å². The number of carbonyl (C=O) groups excluding carboxylic acids is 1. The van der Waals surface area contributed by atoms with Crippen molar-refractivity contribution in [1.82, 2.24) is 0 Å². The summed E-state index contributed by atoms with van der Waals surface area (Å²) in [6.07, 6.45) is 2.97. The lowest BCUT2D eigenvalue weighted by atomic mass is 9.88. The third-order valence-corrected chi connectivity index (χ3v) is 6.33. The monoisotopic (exact) mass is 376 g/mol. The Balaban J connectivity index is 1.71. The van der Waals surface area contributed by atoms with Gasteiger partial charge in [-0.2, -0.15) is 5.26 Å². The van der Waals surface area contributed by atoms with Crippen molar-refractivity contribution < 1.29 is 9.53 Å². The van der Waals surface area contributed by atoms with Crippen molar-refractivity contribution in [3.8, 4) is 11.8 Å². The first-order valence-corrected chi connectivity index (χ1v) is 9.85. The Labute approximate surface area is 162 Å². The van der Waals surface area contributed by atoms with Crippen molar-refractivity contribution in [2.45, 2.75) is 26.2 Å². The van der Waals surface area contributed by atoms with Crippen LogP contribution >= 0.6 is 11.3 Å². The molecule has 3 aromatic rings. The maximum absolute atomic E-state index is 13.0. The predicted octanol–water partition coefficient (Wildman–Crippen LogP) is 5.16. The van der Waals surface area contributed by atoms with Crippen LogP contribution in [-0.4, -0.2) is 13.0 Å². The maximum Gasteiger partial charge on any atom is 0.260 e. The van der Waals surface area contributed by atoms with Crippen LogP contribution in [0.5, 0.6) is 5.75 Å². The topological polar surface area (TPSA) is 62.1 Å². The number of anilines is 1. The summed E-state index contributed by atoms with van der Waals surface area (Å²) < 4.78 is 5.44. The van der Waals surface area contributed by atoms with Crippen LogP contribution in [0.2, 0.25) is 0 Å². The van der Waals surface area contributed by atoms with Crippen LogP contribution in [0.1, 0.15) is 39.7 Å². The number of nitriles is 1. The molecule has 0 spiro atoms.